The number of benzene rings is 1. The summed E-state index contributed by atoms with van der Waals surface area (Å²) < 4.78 is 5.51. The quantitative estimate of drug-likeness (QED) is 0.785. The Labute approximate surface area is 140 Å². The number of nitrogens with zero attached hydrogens (tertiary/aromatic N) is 1. The summed E-state index contributed by atoms with van der Waals surface area (Å²) in [5, 5.41) is 3.02. The average molecular weight is 318 g/mol. The summed E-state index contributed by atoms with van der Waals surface area (Å²) in [4.78, 5) is 14.7. The molecule has 1 aliphatic heterocycles. The third-order valence-corrected chi connectivity index (χ3v) is 4.55. The molecule has 4 heteroatoms. The van der Waals surface area contributed by atoms with Crippen LogP contribution >= 0.6 is 0 Å². The van der Waals surface area contributed by atoms with E-state index >= 15 is 0 Å². The van der Waals surface area contributed by atoms with Crippen LogP contribution in [0.25, 0.3) is 0 Å². The van der Waals surface area contributed by atoms with Gasteiger partial charge in [-0.2, -0.15) is 0 Å². The van der Waals surface area contributed by atoms with Gasteiger partial charge in [-0.1, -0.05) is 6.92 Å². The van der Waals surface area contributed by atoms with Gasteiger partial charge in [0.15, 0.2) is 0 Å². The third kappa shape index (κ3) is 5.54. The number of rotatable bonds is 7. The van der Waals surface area contributed by atoms with Crippen molar-refractivity contribution < 1.29 is 9.53 Å². The molecule has 128 valence electrons. The molecule has 1 fully saturated rings. The van der Waals surface area contributed by atoms with E-state index in [1.54, 1.807) is 0 Å². The number of amides is 1. The second kappa shape index (κ2) is 8.92. The van der Waals surface area contributed by atoms with Gasteiger partial charge in [0, 0.05) is 12.1 Å². The van der Waals surface area contributed by atoms with Gasteiger partial charge >= 0.3 is 0 Å². The van der Waals surface area contributed by atoms with E-state index in [-0.39, 0.29) is 5.91 Å². The Morgan fingerprint density at radius 1 is 1.35 bits per heavy atom. The van der Waals surface area contributed by atoms with Crippen LogP contribution < -0.4 is 10.1 Å². The van der Waals surface area contributed by atoms with Crippen LogP contribution in [0.15, 0.2) is 18.2 Å². The molecule has 1 N–H and O–H groups in total. The van der Waals surface area contributed by atoms with Crippen LogP contribution in [0, 0.1) is 12.8 Å². The van der Waals surface area contributed by atoms with E-state index in [9.17, 15) is 4.79 Å². The molecular formula is C19H30N2O2. The Balaban J connectivity index is 1.71. The van der Waals surface area contributed by atoms with Crippen LogP contribution in [0.3, 0.4) is 0 Å². The van der Waals surface area contributed by atoms with Crippen LogP contribution in [-0.2, 0) is 0 Å². The molecule has 23 heavy (non-hydrogen) atoms. The highest BCUT2D eigenvalue weighted by molar-refractivity contribution is 5.94. The SMILES string of the molecule is CCOc1ccc(C(=O)NCCCN2CCC(C)CC2)cc1C. The van der Waals surface area contributed by atoms with Gasteiger partial charge in [-0.05, 0) is 82.4 Å². The number of hydrogen-bond donors (Lipinski definition) is 1. The normalized spacial score (nSPS) is 16.3. The lowest BCUT2D eigenvalue weighted by Gasteiger charge is -2.30. The van der Waals surface area contributed by atoms with Crippen molar-refractivity contribution in [3.63, 3.8) is 0 Å². The monoisotopic (exact) mass is 318 g/mol. The number of carbonyl (C=O) groups excluding carboxylic acids is 1. The molecule has 1 aromatic carbocycles. The predicted molar refractivity (Wildman–Crippen MR) is 94.1 cm³/mol. The largest absolute Gasteiger partial charge is 0.494 e. The predicted octanol–water partition coefficient (Wildman–Crippen LogP) is 3.25. The molecule has 0 unspecified atom stereocenters. The molecule has 1 heterocycles. The zero-order chi connectivity index (χ0) is 16.7. The summed E-state index contributed by atoms with van der Waals surface area (Å²) in [6.07, 6.45) is 3.62. The molecule has 1 saturated heterocycles. The van der Waals surface area contributed by atoms with Crippen LogP contribution in [0.2, 0.25) is 0 Å². The van der Waals surface area contributed by atoms with E-state index in [4.69, 9.17) is 4.74 Å². The molecule has 0 spiro atoms. The smallest absolute Gasteiger partial charge is 0.251 e. The number of carbonyl (C=O) groups is 1. The standard InChI is InChI=1S/C19H30N2O2/c1-4-23-18-7-6-17(14-16(18)3)19(22)20-10-5-11-21-12-8-15(2)9-13-21/h6-7,14-15H,4-5,8-13H2,1-3H3,(H,20,22). The molecule has 1 amide bonds. The van der Waals surface area contributed by atoms with Crippen molar-refractivity contribution in [2.45, 2.75) is 40.0 Å². The summed E-state index contributed by atoms with van der Waals surface area (Å²) in [6, 6.07) is 5.61. The first kappa shape index (κ1) is 17.8. The fourth-order valence-electron chi connectivity index (χ4n) is 3.00. The lowest BCUT2D eigenvalue weighted by Crippen LogP contribution is -2.35. The molecule has 2 rings (SSSR count). The van der Waals surface area contributed by atoms with Crippen molar-refractivity contribution >= 4 is 5.91 Å². The molecule has 0 aromatic heterocycles. The molecule has 4 nitrogen and oxygen atoms in total. The topological polar surface area (TPSA) is 41.6 Å². The highest BCUT2D eigenvalue weighted by Gasteiger charge is 2.15. The number of piperidine rings is 1. The second-order valence-electron chi connectivity index (χ2n) is 6.55. The van der Waals surface area contributed by atoms with Crippen LogP contribution in [-0.4, -0.2) is 43.6 Å². The molecular weight excluding hydrogens is 288 g/mol. The van der Waals surface area contributed by atoms with E-state index in [0.717, 1.165) is 36.7 Å². The van der Waals surface area contributed by atoms with Gasteiger partial charge in [-0.3, -0.25) is 4.79 Å². The Bertz CT molecular complexity index is 508. The van der Waals surface area contributed by atoms with Gasteiger partial charge in [-0.15, -0.1) is 0 Å². The van der Waals surface area contributed by atoms with Crippen molar-refractivity contribution in [1.82, 2.24) is 10.2 Å². The summed E-state index contributed by atoms with van der Waals surface area (Å²) in [5.41, 5.74) is 1.71. The highest BCUT2D eigenvalue weighted by atomic mass is 16.5. The zero-order valence-electron chi connectivity index (χ0n) is 14.7. The first-order valence-corrected chi connectivity index (χ1v) is 8.84. The number of aryl methyl sites for hydroxylation is 1. The van der Waals surface area contributed by atoms with Gasteiger partial charge in [-0.25, -0.2) is 0 Å². The first-order valence-electron chi connectivity index (χ1n) is 8.84. The second-order valence-corrected chi connectivity index (χ2v) is 6.55. The fraction of sp³-hybridized carbons (Fsp3) is 0.632. The Morgan fingerprint density at radius 3 is 2.74 bits per heavy atom. The van der Waals surface area contributed by atoms with Gasteiger partial charge < -0.3 is 15.0 Å². The summed E-state index contributed by atoms with van der Waals surface area (Å²) in [7, 11) is 0. The highest BCUT2D eigenvalue weighted by Crippen LogP contribution is 2.19. The maximum atomic E-state index is 12.2. The van der Waals surface area contributed by atoms with Crippen LogP contribution in [0.4, 0.5) is 0 Å². The Morgan fingerprint density at radius 2 is 2.09 bits per heavy atom. The maximum absolute atomic E-state index is 12.2. The van der Waals surface area contributed by atoms with Crippen molar-refractivity contribution in [3.8, 4) is 5.75 Å². The maximum Gasteiger partial charge on any atom is 0.251 e. The molecule has 0 aliphatic carbocycles. The number of likely N-dealkylation sites (tertiary alicyclic amines) is 1. The van der Waals surface area contributed by atoms with Crippen molar-refractivity contribution in [1.29, 1.82) is 0 Å². The molecule has 0 saturated carbocycles. The Kier molecular flexibility index (Phi) is 6.90. The van der Waals surface area contributed by atoms with E-state index in [0.29, 0.717) is 12.2 Å². The van der Waals surface area contributed by atoms with Crippen molar-refractivity contribution in [3.05, 3.63) is 29.3 Å². The number of ether oxygens (including phenoxy) is 1. The number of nitrogens with one attached hydrogen (secondary N) is 1. The fourth-order valence-corrected chi connectivity index (χ4v) is 3.00. The number of hydrogen-bond acceptors (Lipinski definition) is 3. The molecule has 1 aliphatic rings. The molecule has 0 radical (unpaired) electrons. The summed E-state index contributed by atoms with van der Waals surface area (Å²) in [5.74, 6) is 1.72. The molecule has 1 aromatic rings. The van der Waals surface area contributed by atoms with E-state index in [1.165, 1.54) is 25.9 Å². The van der Waals surface area contributed by atoms with Gasteiger partial charge in [0.25, 0.3) is 5.91 Å². The summed E-state index contributed by atoms with van der Waals surface area (Å²) in [6.45, 7) is 11.1. The zero-order valence-corrected chi connectivity index (χ0v) is 14.7. The van der Waals surface area contributed by atoms with E-state index in [2.05, 4.69) is 17.1 Å². The lowest BCUT2D eigenvalue weighted by molar-refractivity contribution is 0.0950. The van der Waals surface area contributed by atoms with E-state index < -0.39 is 0 Å². The minimum atomic E-state index is 0.00316. The Hall–Kier alpha value is -1.55. The van der Waals surface area contributed by atoms with E-state index in [1.807, 2.05) is 32.0 Å². The average Bonchev–Trinajstić information content (AvgIpc) is 2.55. The van der Waals surface area contributed by atoms with Gasteiger partial charge in [0.1, 0.15) is 5.75 Å². The molecule has 0 atom stereocenters. The first-order chi connectivity index (χ1) is 11.1. The third-order valence-electron chi connectivity index (χ3n) is 4.55. The van der Waals surface area contributed by atoms with Crippen molar-refractivity contribution in [2.75, 3.05) is 32.8 Å². The summed E-state index contributed by atoms with van der Waals surface area (Å²) >= 11 is 0. The van der Waals surface area contributed by atoms with Crippen LogP contribution in [0.5, 0.6) is 5.75 Å². The van der Waals surface area contributed by atoms with Gasteiger partial charge in [0.05, 0.1) is 6.61 Å². The van der Waals surface area contributed by atoms with Gasteiger partial charge in [0.2, 0.25) is 0 Å². The molecule has 0 bridgehead atoms. The van der Waals surface area contributed by atoms with Crippen LogP contribution in [0.1, 0.15) is 49.0 Å². The lowest BCUT2D eigenvalue weighted by atomic mass is 9.99. The minimum Gasteiger partial charge on any atom is -0.494 e. The van der Waals surface area contributed by atoms with Crippen molar-refractivity contribution in [2.24, 2.45) is 5.92 Å². The minimum absolute atomic E-state index is 0.00316.